The van der Waals surface area contributed by atoms with Crippen LogP contribution in [0.2, 0.25) is 0 Å². The predicted octanol–water partition coefficient (Wildman–Crippen LogP) is 4.61. The highest BCUT2D eigenvalue weighted by Crippen LogP contribution is 2.38. The van der Waals surface area contributed by atoms with Crippen LogP contribution in [0, 0.1) is 6.42 Å². The van der Waals surface area contributed by atoms with Crippen LogP contribution in [0.4, 0.5) is 0 Å². The number of fused-ring (bicyclic) bond motifs is 3. The summed E-state index contributed by atoms with van der Waals surface area (Å²) in [5.74, 6) is 0. The molecule has 0 aromatic heterocycles. The minimum atomic E-state index is 1.10. The lowest BCUT2D eigenvalue weighted by Crippen LogP contribution is -1.90. The van der Waals surface area contributed by atoms with Crippen LogP contribution in [-0.2, 0) is 6.42 Å². The van der Waals surface area contributed by atoms with E-state index in [1.165, 1.54) is 40.7 Å². The third-order valence-electron chi connectivity index (χ3n) is 3.54. The molecule has 0 amide bonds. The Balaban J connectivity index is 2.05. The van der Waals surface area contributed by atoms with Crippen molar-refractivity contribution in [3.63, 3.8) is 0 Å². The van der Waals surface area contributed by atoms with Gasteiger partial charge in [-0.3, -0.25) is 0 Å². The van der Waals surface area contributed by atoms with Crippen LogP contribution in [-0.4, -0.2) is 0 Å². The van der Waals surface area contributed by atoms with Gasteiger partial charge in [0.15, 0.2) is 0 Å². The molecular weight excluding hydrogens is 204 g/mol. The molecule has 3 rings (SSSR count). The molecule has 0 fully saturated rings. The van der Waals surface area contributed by atoms with Crippen molar-refractivity contribution in [3.8, 4) is 11.1 Å². The summed E-state index contributed by atoms with van der Waals surface area (Å²) in [6.07, 6.45) is 5.87. The van der Waals surface area contributed by atoms with Crippen molar-refractivity contribution < 1.29 is 0 Å². The Labute approximate surface area is 103 Å². The predicted molar refractivity (Wildman–Crippen MR) is 73.0 cm³/mol. The maximum absolute atomic E-state index is 2.38. The van der Waals surface area contributed by atoms with Gasteiger partial charge in [-0.1, -0.05) is 55.8 Å². The summed E-state index contributed by atoms with van der Waals surface area (Å²) in [5, 5.41) is 0. The maximum atomic E-state index is 2.38. The topological polar surface area (TPSA) is 0 Å². The molecule has 0 saturated carbocycles. The standard InChI is InChI=1S/C17H17/c1-2-3-7-13-9-6-11-16-15-10-5-4-8-14(15)12-17(13)16/h4-11H,2-3,12H2,1H3. The van der Waals surface area contributed by atoms with Gasteiger partial charge in [0, 0.05) is 0 Å². The van der Waals surface area contributed by atoms with Gasteiger partial charge in [0.05, 0.1) is 0 Å². The van der Waals surface area contributed by atoms with Crippen LogP contribution in [0.25, 0.3) is 11.1 Å². The zero-order valence-electron chi connectivity index (χ0n) is 10.2. The van der Waals surface area contributed by atoms with E-state index in [9.17, 15) is 0 Å². The highest BCUT2D eigenvalue weighted by atomic mass is 14.2. The molecule has 17 heavy (non-hydrogen) atoms. The number of hydrogen-bond donors (Lipinski definition) is 0. The summed E-state index contributed by atoms with van der Waals surface area (Å²) in [4.78, 5) is 0. The average Bonchev–Trinajstić information content (AvgIpc) is 2.75. The molecule has 0 atom stereocenters. The molecule has 1 radical (unpaired) electrons. The molecule has 0 heteroatoms. The smallest absolute Gasteiger partial charge is 0.00106 e. The summed E-state index contributed by atoms with van der Waals surface area (Å²) in [7, 11) is 0. The van der Waals surface area contributed by atoms with Gasteiger partial charge >= 0.3 is 0 Å². The van der Waals surface area contributed by atoms with Gasteiger partial charge in [-0.05, 0) is 47.1 Å². The summed E-state index contributed by atoms with van der Waals surface area (Å²) in [6, 6.07) is 15.5. The van der Waals surface area contributed by atoms with Gasteiger partial charge in [0.2, 0.25) is 0 Å². The van der Waals surface area contributed by atoms with Crippen molar-refractivity contribution >= 4 is 0 Å². The van der Waals surface area contributed by atoms with E-state index < -0.39 is 0 Å². The van der Waals surface area contributed by atoms with Gasteiger partial charge in [-0.2, -0.15) is 0 Å². The molecule has 0 heterocycles. The van der Waals surface area contributed by atoms with Gasteiger partial charge in [-0.15, -0.1) is 0 Å². The fourth-order valence-corrected chi connectivity index (χ4v) is 2.67. The first-order valence-electron chi connectivity index (χ1n) is 6.43. The summed E-state index contributed by atoms with van der Waals surface area (Å²) in [5.41, 5.74) is 7.28. The first-order valence-corrected chi connectivity index (χ1v) is 6.43. The Morgan fingerprint density at radius 2 is 1.82 bits per heavy atom. The third kappa shape index (κ3) is 1.78. The number of benzene rings is 2. The molecule has 0 saturated heterocycles. The van der Waals surface area contributed by atoms with Crippen molar-refractivity contribution in [3.05, 3.63) is 65.6 Å². The number of unbranched alkanes of at least 4 members (excludes halogenated alkanes) is 1. The lowest BCUT2D eigenvalue weighted by molar-refractivity contribution is 0.910. The Kier molecular flexibility index (Phi) is 2.72. The maximum Gasteiger partial charge on any atom is -0.00106 e. The Morgan fingerprint density at radius 3 is 2.71 bits per heavy atom. The second-order valence-corrected chi connectivity index (χ2v) is 4.70. The molecule has 0 aliphatic heterocycles. The normalized spacial score (nSPS) is 12.3. The SMILES string of the molecule is CCC[CH]c1cccc2c1Cc1ccccc1-2. The van der Waals surface area contributed by atoms with Crippen LogP contribution < -0.4 is 0 Å². The van der Waals surface area contributed by atoms with Crippen molar-refractivity contribution in [2.45, 2.75) is 26.2 Å². The highest BCUT2D eigenvalue weighted by molar-refractivity contribution is 5.78. The van der Waals surface area contributed by atoms with Crippen molar-refractivity contribution in [1.29, 1.82) is 0 Å². The number of hydrogen-bond acceptors (Lipinski definition) is 0. The average molecular weight is 221 g/mol. The quantitative estimate of drug-likeness (QED) is 0.606. The lowest BCUT2D eigenvalue weighted by atomic mass is 9.98. The van der Waals surface area contributed by atoms with E-state index in [2.05, 4.69) is 55.8 Å². The van der Waals surface area contributed by atoms with E-state index in [4.69, 9.17) is 0 Å². The van der Waals surface area contributed by atoms with Gasteiger partial charge < -0.3 is 0 Å². The monoisotopic (exact) mass is 221 g/mol. The molecule has 2 aromatic rings. The zero-order valence-corrected chi connectivity index (χ0v) is 10.2. The van der Waals surface area contributed by atoms with Gasteiger partial charge in [-0.25, -0.2) is 0 Å². The Hall–Kier alpha value is -1.56. The van der Waals surface area contributed by atoms with E-state index in [-0.39, 0.29) is 0 Å². The van der Waals surface area contributed by atoms with Crippen molar-refractivity contribution in [2.75, 3.05) is 0 Å². The highest BCUT2D eigenvalue weighted by Gasteiger charge is 2.19. The van der Waals surface area contributed by atoms with Crippen LogP contribution in [0.3, 0.4) is 0 Å². The van der Waals surface area contributed by atoms with Crippen LogP contribution >= 0.6 is 0 Å². The second-order valence-electron chi connectivity index (χ2n) is 4.70. The second kappa shape index (κ2) is 4.37. The van der Waals surface area contributed by atoms with Crippen LogP contribution in [0.15, 0.2) is 42.5 Å². The summed E-state index contributed by atoms with van der Waals surface area (Å²) < 4.78 is 0. The molecule has 0 unspecified atom stereocenters. The van der Waals surface area contributed by atoms with E-state index in [0.29, 0.717) is 0 Å². The van der Waals surface area contributed by atoms with E-state index in [1.54, 1.807) is 0 Å². The van der Waals surface area contributed by atoms with Crippen molar-refractivity contribution in [2.24, 2.45) is 0 Å². The summed E-state index contributed by atoms with van der Waals surface area (Å²) in [6.45, 7) is 2.23. The molecule has 0 N–H and O–H groups in total. The Bertz CT molecular complexity index is 537. The molecule has 1 aliphatic carbocycles. The third-order valence-corrected chi connectivity index (χ3v) is 3.54. The fourth-order valence-electron chi connectivity index (χ4n) is 2.67. The van der Waals surface area contributed by atoms with E-state index >= 15 is 0 Å². The minimum Gasteiger partial charge on any atom is -0.0654 e. The molecule has 1 aliphatic rings. The molecule has 0 spiro atoms. The summed E-state index contributed by atoms with van der Waals surface area (Å²) >= 11 is 0. The van der Waals surface area contributed by atoms with Gasteiger partial charge in [0.1, 0.15) is 0 Å². The fraction of sp³-hybridized carbons (Fsp3) is 0.235. The molecule has 0 bridgehead atoms. The Morgan fingerprint density at radius 1 is 1.00 bits per heavy atom. The molecule has 2 aromatic carbocycles. The van der Waals surface area contributed by atoms with Gasteiger partial charge in [0.25, 0.3) is 0 Å². The zero-order chi connectivity index (χ0) is 11.7. The first-order chi connectivity index (χ1) is 8.40. The first kappa shape index (κ1) is 10.6. The minimum absolute atomic E-state index is 1.10. The molecular formula is C17H17. The molecule has 85 valence electrons. The van der Waals surface area contributed by atoms with E-state index in [0.717, 1.165) is 6.42 Å². The van der Waals surface area contributed by atoms with Crippen LogP contribution in [0.5, 0.6) is 0 Å². The largest absolute Gasteiger partial charge is 0.0654 e. The van der Waals surface area contributed by atoms with Crippen LogP contribution in [0.1, 0.15) is 36.5 Å². The van der Waals surface area contributed by atoms with Crippen molar-refractivity contribution in [1.82, 2.24) is 0 Å². The lowest BCUT2D eigenvalue weighted by Gasteiger charge is -2.07. The molecule has 0 nitrogen and oxygen atoms in total. The number of rotatable bonds is 3. The van der Waals surface area contributed by atoms with E-state index in [1.807, 2.05) is 0 Å².